The quantitative estimate of drug-likeness (QED) is 0.846. The Kier molecular flexibility index (Phi) is 3.93. The highest BCUT2D eigenvalue weighted by atomic mass is 16.6. The minimum Gasteiger partial charge on any atom is -0.374 e. The van der Waals surface area contributed by atoms with Crippen LogP contribution in [-0.2, 0) is 16.1 Å². The monoisotopic (exact) mass is 222 g/mol. The second kappa shape index (κ2) is 5.43. The van der Waals surface area contributed by atoms with Crippen LogP contribution in [0.3, 0.4) is 0 Å². The Morgan fingerprint density at radius 1 is 1.38 bits per heavy atom. The van der Waals surface area contributed by atoms with Crippen LogP contribution in [0.25, 0.3) is 0 Å². The molecule has 0 aromatic heterocycles. The van der Waals surface area contributed by atoms with Crippen LogP contribution in [0, 0.1) is 5.92 Å². The lowest BCUT2D eigenvalue weighted by molar-refractivity contribution is -0.121. The van der Waals surface area contributed by atoms with Crippen LogP contribution in [0.1, 0.15) is 18.9 Å². The summed E-state index contributed by atoms with van der Waals surface area (Å²) in [6, 6.07) is 10.1. The highest BCUT2D eigenvalue weighted by Crippen LogP contribution is 2.24. The third-order valence-electron chi connectivity index (χ3n) is 2.87. The number of benzene rings is 1. The second-order valence-corrected chi connectivity index (χ2v) is 4.36. The van der Waals surface area contributed by atoms with Crippen LogP contribution >= 0.6 is 0 Å². The molecule has 0 saturated carbocycles. The van der Waals surface area contributed by atoms with Crippen molar-refractivity contribution < 1.29 is 14.6 Å². The van der Waals surface area contributed by atoms with Crippen LogP contribution < -0.4 is 0 Å². The van der Waals surface area contributed by atoms with Gasteiger partial charge in [0.15, 0.2) is 6.29 Å². The Balaban J connectivity index is 1.69. The van der Waals surface area contributed by atoms with Gasteiger partial charge in [-0.05, 0) is 12.0 Å². The molecule has 1 heterocycles. The van der Waals surface area contributed by atoms with Crippen LogP contribution in [0.2, 0.25) is 0 Å². The Hall–Kier alpha value is -0.900. The number of ether oxygens (including phenoxy) is 2. The van der Waals surface area contributed by atoms with E-state index in [9.17, 15) is 5.11 Å². The zero-order valence-corrected chi connectivity index (χ0v) is 9.50. The van der Waals surface area contributed by atoms with Crippen LogP contribution in [-0.4, -0.2) is 24.1 Å². The van der Waals surface area contributed by atoms with E-state index in [0.29, 0.717) is 13.2 Å². The minimum atomic E-state index is -0.620. The van der Waals surface area contributed by atoms with E-state index in [1.807, 2.05) is 37.3 Å². The van der Waals surface area contributed by atoms with E-state index in [0.717, 1.165) is 12.0 Å². The maximum absolute atomic E-state index is 9.41. The molecule has 1 N–H and O–H groups in total. The van der Waals surface area contributed by atoms with E-state index in [1.54, 1.807) is 0 Å². The lowest BCUT2D eigenvalue weighted by atomic mass is 10.1. The molecule has 3 heteroatoms. The van der Waals surface area contributed by atoms with Gasteiger partial charge >= 0.3 is 0 Å². The topological polar surface area (TPSA) is 38.7 Å². The summed E-state index contributed by atoms with van der Waals surface area (Å²) in [5, 5.41) is 9.41. The van der Waals surface area contributed by atoms with Gasteiger partial charge in [0.1, 0.15) is 0 Å². The standard InChI is InChI=1S/C13H18O3/c1-10-7-12(16-13(10)14)9-15-8-11-5-3-2-4-6-11/h2-6,10,12-14H,7-9H2,1H3. The SMILES string of the molecule is CC1CC(COCc2ccccc2)OC1O. The molecule has 0 aliphatic carbocycles. The van der Waals surface area contributed by atoms with Crippen LogP contribution in [0.4, 0.5) is 0 Å². The molecule has 0 spiro atoms. The minimum absolute atomic E-state index is 0.0358. The van der Waals surface area contributed by atoms with Crippen molar-refractivity contribution in [3.8, 4) is 0 Å². The van der Waals surface area contributed by atoms with Crippen LogP contribution in [0.5, 0.6) is 0 Å². The maximum atomic E-state index is 9.41. The second-order valence-electron chi connectivity index (χ2n) is 4.36. The highest BCUT2D eigenvalue weighted by Gasteiger charge is 2.30. The molecular formula is C13H18O3. The summed E-state index contributed by atoms with van der Waals surface area (Å²) in [7, 11) is 0. The Labute approximate surface area is 96.0 Å². The van der Waals surface area contributed by atoms with Gasteiger partial charge in [-0.15, -0.1) is 0 Å². The Morgan fingerprint density at radius 3 is 2.75 bits per heavy atom. The molecule has 1 aromatic carbocycles. The van der Waals surface area contributed by atoms with Crippen molar-refractivity contribution in [2.75, 3.05) is 6.61 Å². The predicted octanol–water partition coefficient (Wildman–Crippen LogP) is 1.95. The van der Waals surface area contributed by atoms with Gasteiger partial charge in [-0.25, -0.2) is 0 Å². The fourth-order valence-electron chi connectivity index (χ4n) is 1.91. The fourth-order valence-corrected chi connectivity index (χ4v) is 1.91. The number of aliphatic hydroxyl groups excluding tert-OH is 1. The number of hydrogen-bond acceptors (Lipinski definition) is 3. The van der Waals surface area contributed by atoms with Gasteiger partial charge in [-0.2, -0.15) is 0 Å². The van der Waals surface area contributed by atoms with Crippen molar-refractivity contribution in [3.63, 3.8) is 0 Å². The zero-order valence-electron chi connectivity index (χ0n) is 9.50. The molecule has 16 heavy (non-hydrogen) atoms. The third kappa shape index (κ3) is 3.04. The van der Waals surface area contributed by atoms with Crippen LogP contribution in [0.15, 0.2) is 30.3 Å². The van der Waals surface area contributed by atoms with E-state index < -0.39 is 6.29 Å². The first kappa shape index (κ1) is 11.6. The molecule has 0 amide bonds. The summed E-state index contributed by atoms with van der Waals surface area (Å²) in [6.07, 6.45) is 0.287. The van der Waals surface area contributed by atoms with Gasteiger partial charge in [-0.3, -0.25) is 0 Å². The number of aliphatic hydroxyl groups is 1. The summed E-state index contributed by atoms with van der Waals surface area (Å²) in [6.45, 7) is 3.14. The summed E-state index contributed by atoms with van der Waals surface area (Å²) < 4.78 is 10.9. The third-order valence-corrected chi connectivity index (χ3v) is 2.87. The van der Waals surface area contributed by atoms with Crippen molar-refractivity contribution in [3.05, 3.63) is 35.9 Å². The molecule has 1 fully saturated rings. The first-order chi connectivity index (χ1) is 7.75. The molecule has 0 bridgehead atoms. The lowest BCUT2D eigenvalue weighted by Gasteiger charge is -2.10. The molecule has 1 aliphatic rings. The van der Waals surface area contributed by atoms with Gasteiger partial charge in [0, 0.05) is 5.92 Å². The molecule has 2 rings (SSSR count). The molecule has 1 aromatic rings. The van der Waals surface area contributed by atoms with E-state index in [1.165, 1.54) is 0 Å². The maximum Gasteiger partial charge on any atom is 0.157 e. The normalized spacial score (nSPS) is 29.5. The van der Waals surface area contributed by atoms with Gasteiger partial charge < -0.3 is 14.6 Å². The Bertz CT molecular complexity index is 302. The van der Waals surface area contributed by atoms with Crippen molar-refractivity contribution >= 4 is 0 Å². The largest absolute Gasteiger partial charge is 0.374 e. The summed E-state index contributed by atoms with van der Waals surface area (Å²) in [4.78, 5) is 0. The molecule has 88 valence electrons. The summed E-state index contributed by atoms with van der Waals surface area (Å²) in [5.41, 5.74) is 1.16. The summed E-state index contributed by atoms with van der Waals surface area (Å²) in [5.74, 6) is 0.213. The van der Waals surface area contributed by atoms with E-state index in [-0.39, 0.29) is 12.0 Å². The molecule has 0 radical (unpaired) electrons. The van der Waals surface area contributed by atoms with Gasteiger partial charge in [0.05, 0.1) is 19.3 Å². The van der Waals surface area contributed by atoms with E-state index in [4.69, 9.17) is 9.47 Å². The molecule has 3 atom stereocenters. The summed E-state index contributed by atoms with van der Waals surface area (Å²) >= 11 is 0. The average Bonchev–Trinajstić information content (AvgIpc) is 2.60. The molecule has 3 unspecified atom stereocenters. The first-order valence-electron chi connectivity index (χ1n) is 5.71. The molecular weight excluding hydrogens is 204 g/mol. The fraction of sp³-hybridized carbons (Fsp3) is 0.538. The zero-order chi connectivity index (χ0) is 11.4. The predicted molar refractivity (Wildman–Crippen MR) is 60.8 cm³/mol. The molecule has 3 nitrogen and oxygen atoms in total. The molecule has 1 aliphatic heterocycles. The van der Waals surface area contributed by atoms with Gasteiger partial charge in [0.25, 0.3) is 0 Å². The van der Waals surface area contributed by atoms with Crippen molar-refractivity contribution in [1.29, 1.82) is 0 Å². The van der Waals surface area contributed by atoms with Gasteiger partial charge in [-0.1, -0.05) is 37.3 Å². The number of rotatable bonds is 4. The van der Waals surface area contributed by atoms with Crippen molar-refractivity contribution in [2.24, 2.45) is 5.92 Å². The van der Waals surface area contributed by atoms with E-state index >= 15 is 0 Å². The van der Waals surface area contributed by atoms with E-state index in [2.05, 4.69) is 0 Å². The highest BCUT2D eigenvalue weighted by molar-refractivity contribution is 5.13. The average molecular weight is 222 g/mol. The Morgan fingerprint density at radius 2 is 2.12 bits per heavy atom. The smallest absolute Gasteiger partial charge is 0.157 e. The lowest BCUT2D eigenvalue weighted by Crippen LogP contribution is -2.16. The first-order valence-corrected chi connectivity index (χ1v) is 5.71. The molecule has 1 saturated heterocycles. The van der Waals surface area contributed by atoms with Crippen molar-refractivity contribution in [1.82, 2.24) is 0 Å². The van der Waals surface area contributed by atoms with Gasteiger partial charge in [0.2, 0.25) is 0 Å². The number of hydrogen-bond donors (Lipinski definition) is 1. The van der Waals surface area contributed by atoms with Crippen molar-refractivity contribution in [2.45, 2.75) is 32.3 Å².